The van der Waals surface area contributed by atoms with Crippen LogP contribution in [0.4, 0.5) is 11.6 Å². The topological polar surface area (TPSA) is 64.0 Å². The lowest BCUT2D eigenvalue weighted by atomic mass is 10.1. The number of nitrogens with zero attached hydrogens (tertiary/aromatic N) is 3. The first kappa shape index (κ1) is 16.9. The summed E-state index contributed by atoms with van der Waals surface area (Å²) in [5, 5.41) is 10.9. The number of anilines is 2. The predicted molar refractivity (Wildman–Crippen MR) is 103 cm³/mol. The van der Waals surface area contributed by atoms with E-state index in [0.717, 1.165) is 11.4 Å². The molecule has 0 saturated heterocycles. The van der Waals surface area contributed by atoms with Crippen molar-refractivity contribution in [3.05, 3.63) is 66.0 Å². The van der Waals surface area contributed by atoms with Gasteiger partial charge in [-0.05, 0) is 49.0 Å². The first-order chi connectivity index (χ1) is 12.1. The van der Waals surface area contributed by atoms with Gasteiger partial charge < -0.3 is 10.1 Å². The van der Waals surface area contributed by atoms with Crippen molar-refractivity contribution in [2.45, 2.75) is 13.5 Å². The van der Waals surface area contributed by atoms with Gasteiger partial charge in [0.2, 0.25) is 5.95 Å². The smallest absolute Gasteiger partial charge is 0.248 e. The Bertz CT molecular complexity index is 843. The number of methoxy groups -OCH3 is 1. The molecule has 0 atom stereocenters. The average molecular weight is 353 g/mol. The van der Waals surface area contributed by atoms with E-state index in [2.05, 4.69) is 51.9 Å². The van der Waals surface area contributed by atoms with E-state index in [4.69, 9.17) is 17.0 Å². The van der Waals surface area contributed by atoms with Gasteiger partial charge in [0.25, 0.3) is 0 Å². The fraction of sp³-hybridized carbons (Fsp3) is 0.167. The lowest BCUT2D eigenvalue weighted by Gasteiger charge is -2.08. The minimum Gasteiger partial charge on any atom is -0.497 e. The largest absolute Gasteiger partial charge is 0.497 e. The van der Waals surface area contributed by atoms with Crippen LogP contribution in [0.5, 0.6) is 5.75 Å². The normalized spacial score (nSPS) is 10.3. The van der Waals surface area contributed by atoms with E-state index in [1.807, 2.05) is 24.3 Å². The molecule has 2 N–H and O–H groups in total. The molecule has 128 valence electrons. The summed E-state index contributed by atoms with van der Waals surface area (Å²) in [5.41, 5.74) is 3.26. The second kappa shape index (κ2) is 7.76. The molecule has 0 amide bonds. The Morgan fingerprint density at radius 3 is 2.48 bits per heavy atom. The molecule has 0 saturated carbocycles. The fourth-order valence-electron chi connectivity index (χ4n) is 2.25. The van der Waals surface area contributed by atoms with Crippen LogP contribution in [0.2, 0.25) is 0 Å². The van der Waals surface area contributed by atoms with Gasteiger partial charge in [-0.1, -0.05) is 29.8 Å². The molecule has 0 spiro atoms. The summed E-state index contributed by atoms with van der Waals surface area (Å²) < 4.78 is 6.90. The van der Waals surface area contributed by atoms with E-state index >= 15 is 0 Å². The lowest BCUT2D eigenvalue weighted by molar-refractivity contribution is 0.415. The van der Waals surface area contributed by atoms with E-state index in [1.165, 1.54) is 11.1 Å². The molecular weight excluding hydrogens is 334 g/mol. The van der Waals surface area contributed by atoms with E-state index < -0.39 is 0 Å². The van der Waals surface area contributed by atoms with Crippen LogP contribution in [0.15, 0.2) is 54.9 Å². The van der Waals surface area contributed by atoms with Crippen LogP contribution in [0.25, 0.3) is 0 Å². The quantitative estimate of drug-likeness (QED) is 0.685. The zero-order valence-electron chi connectivity index (χ0n) is 14.1. The van der Waals surface area contributed by atoms with Crippen molar-refractivity contribution in [2.75, 3.05) is 17.7 Å². The number of thiocarbonyl (C=S) groups is 1. The van der Waals surface area contributed by atoms with Crippen LogP contribution >= 0.6 is 12.2 Å². The van der Waals surface area contributed by atoms with Crippen molar-refractivity contribution in [3.63, 3.8) is 0 Å². The number of aryl methyl sites for hydroxylation is 1. The zero-order valence-corrected chi connectivity index (χ0v) is 14.9. The van der Waals surface area contributed by atoms with Crippen molar-refractivity contribution in [1.82, 2.24) is 14.8 Å². The third kappa shape index (κ3) is 4.77. The molecule has 0 radical (unpaired) electrons. The van der Waals surface area contributed by atoms with Gasteiger partial charge in [0.15, 0.2) is 5.11 Å². The third-order valence-corrected chi connectivity index (χ3v) is 3.78. The van der Waals surface area contributed by atoms with Crippen molar-refractivity contribution in [3.8, 4) is 5.75 Å². The summed E-state index contributed by atoms with van der Waals surface area (Å²) in [7, 11) is 1.63. The van der Waals surface area contributed by atoms with E-state index in [9.17, 15) is 0 Å². The standard InChI is InChI=1S/C18H19N5OS/c1-13-3-5-14(6-4-13)11-23-12-19-17(22-23)21-18(25)20-15-7-9-16(24-2)10-8-15/h3-10,12H,11H2,1-2H3,(H2,20,21,22,25). The Kier molecular flexibility index (Phi) is 5.25. The molecule has 0 unspecified atom stereocenters. The Hall–Kier alpha value is -2.93. The van der Waals surface area contributed by atoms with Crippen molar-refractivity contribution in [2.24, 2.45) is 0 Å². The molecule has 1 aromatic heterocycles. The molecule has 1 heterocycles. The summed E-state index contributed by atoms with van der Waals surface area (Å²) in [6, 6.07) is 15.8. The van der Waals surface area contributed by atoms with Gasteiger partial charge in [0.05, 0.1) is 13.7 Å². The molecule has 0 aliphatic rings. The van der Waals surface area contributed by atoms with Gasteiger partial charge in [-0.3, -0.25) is 5.32 Å². The molecule has 7 heteroatoms. The van der Waals surface area contributed by atoms with Gasteiger partial charge in [-0.2, -0.15) is 0 Å². The monoisotopic (exact) mass is 353 g/mol. The van der Waals surface area contributed by atoms with Crippen molar-refractivity contribution >= 4 is 29.0 Å². The fourth-order valence-corrected chi connectivity index (χ4v) is 2.46. The van der Waals surface area contributed by atoms with Crippen LogP contribution < -0.4 is 15.4 Å². The molecule has 0 fully saturated rings. The first-order valence-corrected chi connectivity index (χ1v) is 8.20. The summed E-state index contributed by atoms with van der Waals surface area (Å²) in [6.07, 6.45) is 1.68. The van der Waals surface area contributed by atoms with Gasteiger partial charge in [0.1, 0.15) is 12.1 Å². The van der Waals surface area contributed by atoms with E-state index in [-0.39, 0.29) is 0 Å². The highest BCUT2D eigenvalue weighted by atomic mass is 32.1. The SMILES string of the molecule is COc1ccc(NC(=S)Nc2ncn(Cc3ccc(C)cc3)n2)cc1. The average Bonchev–Trinajstić information content (AvgIpc) is 3.04. The highest BCUT2D eigenvalue weighted by molar-refractivity contribution is 7.80. The van der Waals surface area contributed by atoms with Crippen LogP contribution in [0.1, 0.15) is 11.1 Å². The molecule has 3 rings (SSSR count). The number of benzene rings is 2. The van der Waals surface area contributed by atoms with E-state index in [0.29, 0.717) is 17.6 Å². The van der Waals surface area contributed by atoms with Crippen LogP contribution in [0, 0.1) is 6.92 Å². The van der Waals surface area contributed by atoms with Crippen LogP contribution in [0.3, 0.4) is 0 Å². The molecule has 0 aliphatic carbocycles. The maximum absolute atomic E-state index is 5.29. The Morgan fingerprint density at radius 1 is 1.08 bits per heavy atom. The summed E-state index contributed by atoms with van der Waals surface area (Å²) >= 11 is 5.29. The highest BCUT2D eigenvalue weighted by Gasteiger charge is 2.05. The second-order valence-electron chi connectivity index (χ2n) is 5.56. The summed E-state index contributed by atoms with van der Waals surface area (Å²) in [6.45, 7) is 2.73. The molecular formula is C18H19N5OS. The van der Waals surface area contributed by atoms with E-state index in [1.54, 1.807) is 18.1 Å². The zero-order chi connectivity index (χ0) is 17.6. The minimum atomic E-state index is 0.429. The second-order valence-corrected chi connectivity index (χ2v) is 5.97. The van der Waals surface area contributed by atoms with Gasteiger partial charge in [0, 0.05) is 5.69 Å². The number of hydrogen-bond donors (Lipinski definition) is 2. The predicted octanol–water partition coefficient (Wildman–Crippen LogP) is 3.45. The third-order valence-electron chi connectivity index (χ3n) is 3.57. The van der Waals surface area contributed by atoms with Gasteiger partial charge in [-0.25, -0.2) is 9.67 Å². The van der Waals surface area contributed by atoms with Gasteiger partial charge in [-0.15, -0.1) is 5.10 Å². The van der Waals surface area contributed by atoms with Gasteiger partial charge >= 0.3 is 0 Å². The highest BCUT2D eigenvalue weighted by Crippen LogP contribution is 2.15. The molecule has 0 bridgehead atoms. The maximum Gasteiger partial charge on any atom is 0.248 e. The van der Waals surface area contributed by atoms with Crippen LogP contribution in [-0.2, 0) is 6.54 Å². The molecule has 0 aliphatic heterocycles. The number of nitrogens with one attached hydrogen (secondary N) is 2. The maximum atomic E-state index is 5.29. The minimum absolute atomic E-state index is 0.429. The number of ether oxygens (including phenoxy) is 1. The lowest BCUT2D eigenvalue weighted by Crippen LogP contribution is -2.20. The Balaban J connectivity index is 1.56. The molecule has 3 aromatic rings. The van der Waals surface area contributed by atoms with Crippen molar-refractivity contribution in [1.29, 1.82) is 0 Å². The number of hydrogen-bond acceptors (Lipinski definition) is 4. The summed E-state index contributed by atoms with van der Waals surface area (Å²) in [4.78, 5) is 4.23. The Labute approximate surface area is 151 Å². The van der Waals surface area contributed by atoms with Crippen molar-refractivity contribution < 1.29 is 4.74 Å². The molecule has 6 nitrogen and oxygen atoms in total. The molecule has 25 heavy (non-hydrogen) atoms. The number of rotatable bonds is 5. The first-order valence-electron chi connectivity index (χ1n) is 7.79. The Morgan fingerprint density at radius 2 is 1.80 bits per heavy atom. The molecule has 2 aromatic carbocycles. The van der Waals surface area contributed by atoms with Crippen LogP contribution in [-0.4, -0.2) is 27.0 Å². The summed E-state index contributed by atoms with van der Waals surface area (Å²) in [5.74, 6) is 1.25. The number of aromatic nitrogens is 3.